The van der Waals surface area contributed by atoms with Gasteiger partial charge in [-0.1, -0.05) is 11.6 Å². The average molecular weight is 176 g/mol. The largest absolute Gasteiger partial charge is 0.464 e. The van der Waals surface area contributed by atoms with Crippen LogP contribution in [0.15, 0.2) is 0 Å². The Hall–Kier alpha value is -1.23. The molecule has 60 valence electrons. The molecule has 0 radical (unpaired) electrons. The monoisotopic (exact) mass is 175 g/mol. The van der Waals surface area contributed by atoms with E-state index in [9.17, 15) is 4.79 Å². The zero-order valence-electron chi connectivity index (χ0n) is 5.72. The maximum Gasteiger partial charge on any atom is 0.357 e. The lowest BCUT2D eigenvalue weighted by Gasteiger charge is -1.93. The van der Waals surface area contributed by atoms with Crippen LogP contribution < -0.4 is 5.73 Å². The molecule has 5 nitrogen and oxygen atoms in total. The topological polar surface area (TPSA) is 81.0 Å². The number of nitrogens with zero attached hydrogens (tertiary/aromatic N) is 1. The fraction of sp³-hybridized carbons (Fsp3) is 0.200. The molecule has 0 aliphatic rings. The molecule has 1 aromatic heterocycles. The van der Waals surface area contributed by atoms with Crippen LogP contribution in [0.4, 0.5) is 5.82 Å². The predicted octanol–water partition coefficient (Wildman–Crippen LogP) is 0.432. The second-order valence-corrected chi connectivity index (χ2v) is 2.17. The van der Waals surface area contributed by atoms with E-state index in [2.05, 4.69) is 14.9 Å². The highest BCUT2D eigenvalue weighted by Gasteiger charge is 2.15. The summed E-state index contributed by atoms with van der Waals surface area (Å²) in [6.07, 6.45) is 0. The highest BCUT2D eigenvalue weighted by Crippen LogP contribution is 2.19. The summed E-state index contributed by atoms with van der Waals surface area (Å²) in [5.41, 5.74) is 5.33. The van der Waals surface area contributed by atoms with E-state index in [-0.39, 0.29) is 16.5 Å². The molecule has 0 aliphatic heterocycles. The number of aromatic nitrogens is 2. The number of nitrogens with two attached hydrogens (primary N) is 1. The lowest BCUT2D eigenvalue weighted by Crippen LogP contribution is -2.02. The van der Waals surface area contributed by atoms with Crippen molar-refractivity contribution in [3.63, 3.8) is 0 Å². The molecule has 0 unspecified atom stereocenters. The molecular formula is C5H6ClN3O2. The molecule has 0 atom stereocenters. The number of carbonyl (C=O) groups is 1. The minimum Gasteiger partial charge on any atom is -0.464 e. The fourth-order valence-electron chi connectivity index (χ4n) is 0.580. The third kappa shape index (κ3) is 1.27. The number of nitrogens with one attached hydrogen (secondary N) is 1. The Kier molecular flexibility index (Phi) is 2.00. The number of aromatic amines is 1. The highest BCUT2D eigenvalue weighted by molar-refractivity contribution is 6.35. The quantitative estimate of drug-likeness (QED) is 0.607. The molecule has 1 aromatic rings. The van der Waals surface area contributed by atoms with Crippen molar-refractivity contribution in [2.24, 2.45) is 0 Å². The molecule has 1 rings (SSSR count). The lowest BCUT2D eigenvalue weighted by molar-refractivity contribution is 0.0594. The van der Waals surface area contributed by atoms with Crippen molar-refractivity contribution in [1.29, 1.82) is 0 Å². The van der Waals surface area contributed by atoms with Gasteiger partial charge in [0, 0.05) is 0 Å². The SMILES string of the molecule is COC(=O)c1[nH]nc(N)c1Cl. The second-order valence-electron chi connectivity index (χ2n) is 1.79. The van der Waals surface area contributed by atoms with Gasteiger partial charge in [0.2, 0.25) is 0 Å². The standard InChI is InChI=1S/C5H6ClN3O2/c1-11-5(10)3-2(6)4(7)9-8-3/h1H3,(H3,7,8,9). The van der Waals surface area contributed by atoms with Crippen LogP contribution in [-0.2, 0) is 4.74 Å². The van der Waals surface area contributed by atoms with Gasteiger partial charge in [-0.15, -0.1) is 0 Å². The molecule has 1 heterocycles. The van der Waals surface area contributed by atoms with Crippen molar-refractivity contribution in [2.75, 3.05) is 12.8 Å². The van der Waals surface area contributed by atoms with Gasteiger partial charge in [0.15, 0.2) is 11.5 Å². The second kappa shape index (κ2) is 2.79. The van der Waals surface area contributed by atoms with Crippen molar-refractivity contribution in [2.45, 2.75) is 0 Å². The van der Waals surface area contributed by atoms with Gasteiger partial charge in [0.25, 0.3) is 0 Å². The van der Waals surface area contributed by atoms with Crippen LogP contribution in [0.25, 0.3) is 0 Å². The highest BCUT2D eigenvalue weighted by atomic mass is 35.5. The first-order chi connectivity index (χ1) is 5.16. The van der Waals surface area contributed by atoms with Gasteiger partial charge in [-0.25, -0.2) is 4.79 Å². The molecule has 11 heavy (non-hydrogen) atoms. The number of esters is 1. The summed E-state index contributed by atoms with van der Waals surface area (Å²) in [5.74, 6) is -0.494. The third-order valence-electron chi connectivity index (χ3n) is 1.12. The first kappa shape index (κ1) is 7.87. The number of carbonyl (C=O) groups excluding carboxylic acids is 1. The molecule has 0 bridgehead atoms. The van der Waals surface area contributed by atoms with Gasteiger partial charge in [-0.05, 0) is 0 Å². The number of hydrogen-bond donors (Lipinski definition) is 2. The number of ether oxygens (including phenoxy) is 1. The molecule has 0 aliphatic carbocycles. The lowest BCUT2D eigenvalue weighted by atomic mass is 10.4. The Bertz CT molecular complexity index is 283. The van der Waals surface area contributed by atoms with Gasteiger partial charge in [-0.3, -0.25) is 5.10 Å². The van der Waals surface area contributed by atoms with Gasteiger partial charge in [-0.2, -0.15) is 5.10 Å². The van der Waals surface area contributed by atoms with E-state index in [1.165, 1.54) is 7.11 Å². The van der Waals surface area contributed by atoms with Crippen LogP contribution in [0.5, 0.6) is 0 Å². The zero-order valence-corrected chi connectivity index (χ0v) is 6.47. The summed E-state index contributed by atoms with van der Waals surface area (Å²) in [6, 6.07) is 0. The number of rotatable bonds is 1. The Morgan fingerprint density at radius 3 is 2.82 bits per heavy atom. The molecule has 0 aromatic carbocycles. The van der Waals surface area contributed by atoms with E-state index in [0.717, 1.165) is 0 Å². The summed E-state index contributed by atoms with van der Waals surface area (Å²) in [6.45, 7) is 0. The smallest absolute Gasteiger partial charge is 0.357 e. The van der Waals surface area contributed by atoms with E-state index in [4.69, 9.17) is 17.3 Å². The Balaban J connectivity index is 3.04. The number of halogens is 1. The summed E-state index contributed by atoms with van der Waals surface area (Å²) >= 11 is 5.56. The summed E-state index contributed by atoms with van der Waals surface area (Å²) in [4.78, 5) is 10.8. The summed E-state index contributed by atoms with van der Waals surface area (Å²) in [5, 5.41) is 5.94. The van der Waals surface area contributed by atoms with E-state index < -0.39 is 5.97 Å². The maximum atomic E-state index is 10.8. The molecular weight excluding hydrogens is 170 g/mol. The van der Waals surface area contributed by atoms with Crippen LogP contribution in [-0.4, -0.2) is 23.3 Å². The van der Waals surface area contributed by atoms with E-state index in [0.29, 0.717) is 0 Å². The van der Waals surface area contributed by atoms with E-state index in [1.54, 1.807) is 0 Å². The Labute approximate surface area is 67.5 Å². The van der Waals surface area contributed by atoms with Gasteiger partial charge < -0.3 is 10.5 Å². The predicted molar refractivity (Wildman–Crippen MR) is 39.3 cm³/mol. The van der Waals surface area contributed by atoms with Gasteiger partial charge in [0.05, 0.1) is 7.11 Å². The average Bonchev–Trinajstić information content (AvgIpc) is 2.32. The molecule has 0 spiro atoms. The summed E-state index contributed by atoms with van der Waals surface area (Å²) in [7, 11) is 1.25. The van der Waals surface area contributed by atoms with Crippen LogP contribution in [0.1, 0.15) is 10.5 Å². The van der Waals surface area contributed by atoms with E-state index in [1.807, 2.05) is 0 Å². The minimum atomic E-state index is -0.584. The summed E-state index contributed by atoms with van der Waals surface area (Å²) < 4.78 is 4.38. The van der Waals surface area contributed by atoms with Crippen molar-refractivity contribution >= 4 is 23.4 Å². The van der Waals surface area contributed by atoms with Crippen LogP contribution >= 0.6 is 11.6 Å². The van der Waals surface area contributed by atoms with Crippen LogP contribution in [0.2, 0.25) is 5.02 Å². The zero-order chi connectivity index (χ0) is 8.43. The number of methoxy groups -OCH3 is 1. The fourth-order valence-corrected chi connectivity index (χ4v) is 0.741. The third-order valence-corrected chi connectivity index (χ3v) is 1.50. The molecule has 0 saturated carbocycles. The maximum absolute atomic E-state index is 10.8. The molecule has 0 saturated heterocycles. The van der Waals surface area contributed by atoms with Crippen molar-refractivity contribution < 1.29 is 9.53 Å². The molecule has 6 heteroatoms. The van der Waals surface area contributed by atoms with Crippen molar-refractivity contribution in [3.05, 3.63) is 10.7 Å². The van der Waals surface area contributed by atoms with Gasteiger partial charge >= 0.3 is 5.97 Å². The van der Waals surface area contributed by atoms with Crippen molar-refractivity contribution in [1.82, 2.24) is 10.2 Å². The van der Waals surface area contributed by atoms with Crippen LogP contribution in [0.3, 0.4) is 0 Å². The van der Waals surface area contributed by atoms with Gasteiger partial charge in [0.1, 0.15) is 5.02 Å². The van der Waals surface area contributed by atoms with Crippen LogP contribution in [0, 0.1) is 0 Å². The van der Waals surface area contributed by atoms with E-state index >= 15 is 0 Å². The molecule has 0 amide bonds. The number of nitrogen functional groups attached to an aromatic ring is 1. The minimum absolute atomic E-state index is 0.0756. The van der Waals surface area contributed by atoms with Crippen molar-refractivity contribution in [3.8, 4) is 0 Å². The molecule has 0 fully saturated rings. The first-order valence-electron chi connectivity index (χ1n) is 2.74. The molecule has 3 N–H and O–H groups in total. The Morgan fingerprint density at radius 2 is 2.45 bits per heavy atom. The first-order valence-corrected chi connectivity index (χ1v) is 3.12. The normalized spacial score (nSPS) is 9.64. The Morgan fingerprint density at radius 1 is 1.82 bits per heavy atom. The number of anilines is 1. The number of H-pyrrole nitrogens is 1. The number of hydrogen-bond acceptors (Lipinski definition) is 4.